The van der Waals surface area contributed by atoms with Crippen LogP contribution < -0.4 is 5.32 Å². The molecule has 4 nitrogen and oxygen atoms in total. The predicted molar refractivity (Wildman–Crippen MR) is 67.7 cm³/mol. The minimum Gasteiger partial charge on any atom is -0.387 e. The number of nitrogens with zero attached hydrogens (tertiary/aromatic N) is 1. The van der Waals surface area contributed by atoms with Gasteiger partial charge in [-0.3, -0.25) is 0 Å². The van der Waals surface area contributed by atoms with Crippen LogP contribution in [0.1, 0.15) is 25.5 Å². The third kappa shape index (κ3) is 4.07. The Kier molecular flexibility index (Phi) is 5.49. The van der Waals surface area contributed by atoms with Crippen molar-refractivity contribution in [2.45, 2.75) is 20.0 Å². The molecule has 0 aliphatic rings. The molecule has 2 N–H and O–H groups in total. The number of aliphatic hydroxyl groups is 1. The minimum absolute atomic E-state index is 0.134. The Bertz CT molecular complexity index is 337. The number of urea groups is 1. The largest absolute Gasteiger partial charge is 0.387 e. The van der Waals surface area contributed by atoms with Gasteiger partial charge in [0.15, 0.2) is 0 Å². The van der Waals surface area contributed by atoms with Gasteiger partial charge in [0.2, 0.25) is 0 Å². The molecule has 0 spiro atoms. The average molecular weight is 236 g/mol. The van der Waals surface area contributed by atoms with Crippen molar-refractivity contribution in [1.29, 1.82) is 0 Å². The lowest BCUT2D eigenvalue weighted by Gasteiger charge is -2.20. The lowest BCUT2D eigenvalue weighted by atomic mass is 10.1. The summed E-state index contributed by atoms with van der Waals surface area (Å²) in [5.74, 6) is 0. The minimum atomic E-state index is -0.657. The second-order valence-corrected chi connectivity index (χ2v) is 3.78. The van der Waals surface area contributed by atoms with E-state index in [0.717, 1.165) is 5.56 Å². The number of nitrogens with one attached hydrogen (secondary N) is 1. The Morgan fingerprint density at radius 3 is 2.41 bits per heavy atom. The molecule has 1 atom stereocenters. The first-order valence-corrected chi connectivity index (χ1v) is 5.94. The lowest BCUT2D eigenvalue weighted by molar-refractivity contribution is 0.163. The maximum absolute atomic E-state index is 11.6. The highest BCUT2D eigenvalue weighted by atomic mass is 16.3. The molecule has 0 saturated heterocycles. The second-order valence-electron chi connectivity index (χ2n) is 3.78. The fraction of sp³-hybridized carbons (Fsp3) is 0.462. The Balaban J connectivity index is 2.43. The molecule has 94 valence electrons. The Labute approximate surface area is 102 Å². The van der Waals surface area contributed by atoms with Gasteiger partial charge in [-0.2, -0.15) is 0 Å². The van der Waals surface area contributed by atoms with E-state index >= 15 is 0 Å². The fourth-order valence-electron chi connectivity index (χ4n) is 1.60. The predicted octanol–water partition coefficient (Wildman–Crippen LogP) is 1.77. The zero-order chi connectivity index (χ0) is 12.7. The zero-order valence-corrected chi connectivity index (χ0v) is 10.4. The van der Waals surface area contributed by atoms with Crippen molar-refractivity contribution >= 4 is 6.03 Å². The molecule has 0 heterocycles. The van der Waals surface area contributed by atoms with Gasteiger partial charge in [-0.1, -0.05) is 30.3 Å². The van der Waals surface area contributed by atoms with Crippen LogP contribution in [0.5, 0.6) is 0 Å². The molecular formula is C13H20N2O2. The van der Waals surface area contributed by atoms with Crippen molar-refractivity contribution in [1.82, 2.24) is 10.2 Å². The summed E-state index contributed by atoms with van der Waals surface area (Å²) in [6.45, 7) is 5.43. The first-order valence-electron chi connectivity index (χ1n) is 5.94. The molecule has 17 heavy (non-hydrogen) atoms. The van der Waals surface area contributed by atoms with E-state index in [1.54, 1.807) is 4.90 Å². The topological polar surface area (TPSA) is 52.6 Å². The highest BCUT2D eigenvalue weighted by Crippen LogP contribution is 2.10. The Hall–Kier alpha value is -1.55. The highest BCUT2D eigenvalue weighted by molar-refractivity contribution is 5.74. The molecule has 0 aliphatic carbocycles. The molecule has 1 aromatic carbocycles. The van der Waals surface area contributed by atoms with E-state index in [-0.39, 0.29) is 12.6 Å². The van der Waals surface area contributed by atoms with Crippen LogP contribution in [0.3, 0.4) is 0 Å². The summed E-state index contributed by atoms with van der Waals surface area (Å²) in [4.78, 5) is 13.3. The number of rotatable bonds is 5. The maximum atomic E-state index is 11.6. The lowest BCUT2D eigenvalue weighted by Crippen LogP contribution is -2.41. The Morgan fingerprint density at radius 1 is 1.29 bits per heavy atom. The standard InChI is InChI=1S/C13H20N2O2/c1-3-15(4-2)13(17)14-10-12(16)11-8-6-5-7-9-11/h5-9,12,16H,3-4,10H2,1-2H3,(H,14,17). The molecule has 0 aliphatic heterocycles. The molecule has 0 bridgehead atoms. The smallest absolute Gasteiger partial charge is 0.317 e. The van der Waals surface area contributed by atoms with Crippen LogP contribution in [0.2, 0.25) is 0 Å². The van der Waals surface area contributed by atoms with Crippen LogP contribution in [-0.4, -0.2) is 35.7 Å². The molecule has 1 rings (SSSR count). The van der Waals surface area contributed by atoms with Crippen molar-refractivity contribution in [3.8, 4) is 0 Å². The first kappa shape index (κ1) is 13.5. The van der Waals surface area contributed by atoms with E-state index < -0.39 is 6.10 Å². The van der Waals surface area contributed by atoms with E-state index in [1.165, 1.54) is 0 Å². The summed E-state index contributed by atoms with van der Waals surface area (Å²) in [6, 6.07) is 9.17. The van der Waals surface area contributed by atoms with Crippen molar-refractivity contribution < 1.29 is 9.90 Å². The number of carbonyl (C=O) groups is 1. The molecule has 0 aromatic heterocycles. The van der Waals surface area contributed by atoms with Crippen molar-refractivity contribution in [3.05, 3.63) is 35.9 Å². The Morgan fingerprint density at radius 2 is 1.88 bits per heavy atom. The van der Waals surface area contributed by atoms with Crippen molar-refractivity contribution in [3.63, 3.8) is 0 Å². The molecule has 1 aromatic rings. The summed E-state index contributed by atoms with van der Waals surface area (Å²) in [5, 5.41) is 12.6. The van der Waals surface area contributed by atoms with Crippen LogP contribution in [0.15, 0.2) is 30.3 Å². The number of carbonyl (C=O) groups excluding carboxylic acids is 1. The maximum Gasteiger partial charge on any atom is 0.317 e. The summed E-state index contributed by atoms with van der Waals surface area (Å²) in [6.07, 6.45) is -0.657. The van der Waals surface area contributed by atoms with Crippen LogP contribution in [0.4, 0.5) is 4.79 Å². The first-order chi connectivity index (χ1) is 8.19. The number of hydrogen-bond donors (Lipinski definition) is 2. The van der Waals surface area contributed by atoms with Crippen LogP contribution in [0, 0.1) is 0 Å². The van der Waals surface area contributed by atoms with Gasteiger partial charge in [-0.25, -0.2) is 4.79 Å². The molecule has 4 heteroatoms. The number of amides is 2. The fourth-order valence-corrected chi connectivity index (χ4v) is 1.60. The van der Waals surface area contributed by atoms with E-state index in [9.17, 15) is 9.90 Å². The monoisotopic (exact) mass is 236 g/mol. The van der Waals surface area contributed by atoms with Crippen molar-refractivity contribution in [2.75, 3.05) is 19.6 Å². The van der Waals surface area contributed by atoms with Crippen LogP contribution in [-0.2, 0) is 0 Å². The van der Waals surface area contributed by atoms with Gasteiger partial charge in [-0.05, 0) is 19.4 Å². The summed E-state index contributed by atoms with van der Waals surface area (Å²) >= 11 is 0. The van der Waals surface area contributed by atoms with Gasteiger partial charge in [0.1, 0.15) is 0 Å². The van der Waals surface area contributed by atoms with Gasteiger partial charge in [0.05, 0.1) is 6.10 Å². The van der Waals surface area contributed by atoms with Gasteiger partial charge >= 0.3 is 6.03 Å². The normalized spacial score (nSPS) is 11.9. The summed E-state index contributed by atoms with van der Waals surface area (Å²) < 4.78 is 0. The number of benzene rings is 1. The quantitative estimate of drug-likeness (QED) is 0.818. The van der Waals surface area contributed by atoms with E-state index in [1.807, 2.05) is 44.2 Å². The SMILES string of the molecule is CCN(CC)C(=O)NCC(O)c1ccccc1. The third-order valence-corrected chi connectivity index (χ3v) is 2.68. The van der Waals surface area contributed by atoms with Crippen LogP contribution in [0.25, 0.3) is 0 Å². The van der Waals surface area contributed by atoms with Crippen molar-refractivity contribution in [2.24, 2.45) is 0 Å². The van der Waals surface area contributed by atoms with Gasteiger partial charge < -0.3 is 15.3 Å². The molecule has 0 fully saturated rings. The average Bonchev–Trinajstić information content (AvgIpc) is 2.38. The highest BCUT2D eigenvalue weighted by Gasteiger charge is 2.12. The zero-order valence-electron chi connectivity index (χ0n) is 10.4. The van der Waals surface area contributed by atoms with E-state index in [2.05, 4.69) is 5.32 Å². The molecule has 0 radical (unpaired) electrons. The van der Waals surface area contributed by atoms with E-state index in [0.29, 0.717) is 13.1 Å². The number of aliphatic hydroxyl groups excluding tert-OH is 1. The van der Waals surface area contributed by atoms with Gasteiger partial charge in [0, 0.05) is 19.6 Å². The molecule has 1 unspecified atom stereocenters. The summed E-state index contributed by atoms with van der Waals surface area (Å²) in [5.41, 5.74) is 0.812. The third-order valence-electron chi connectivity index (χ3n) is 2.68. The molecule has 0 saturated carbocycles. The number of hydrogen-bond acceptors (Lipinski definition) is 2. The van der Waals surface area contributed by atoms with Gasteiger partial charge in [0.25, 0.3) is 0 Å². The summed E-state index contributed by atoms with van der Waals surface area (Å²) in [7, 11) is 0. The van der Waals surface area contributed by atoms with Gasteiger partial charge in [-0.15, -0.1) is 0 Å². The molecule has 2 amide bonds. The molecular weight excluding hydrogens is 216 g/mol. The second kappa shape index (κ2) is 6.91. The van der Waals surface area contributed by atoms with E-state index in [4.69, 9.17) is 0 Å². The van der Waals surface area contributed by atoms with Crippen LogP contribution >= 0.6 is 0 Å².